The summed E-state index contributed by atoms with van der Waals surface area (Å²) in [7, 11) is -2.82. The van der Waals surface area contributed by atoms with Crippen molar-refractivity contribution in [3.63, 3.8) is 0 Å². The van der Waals surface area contributed by atoms with Crippen LogP contribution in [0.1, 0.15) is 13.3 Å². The van der Waals surface area contributed by atoms with E-state index in [9.17, 15) is 8.42 Å². The molecule has 1 aliphatic heterocycles. The fourth-order valence-corrected chi connectivity index (χ4v) is 2.97. The maximum Gasteiger partial charge on any atom is 0.147 e. The van der Waals surface area contributed by atoms with Gasteiger partial charge in [-0.1, -0.05) is 15.9 Å². The van der Waals surface area contributed by atoms with E-state index in [2.05, 4.69) is 27.8 Å². The summed E-state index contributed by atoms with van der Waals surface area (Å²) >= 11 is 3.42. The van der Waals surface area contributed by atoms with E-state index < -0.39 is 9.84 Å². The first-order chi connectivity index (χ1) is 7.40. The molecule has 0 amide bonds. The summed E-state index contributed by atoms with van der Waals surface area (Å²) in [6.45, 7) is 4.68. The topological polar surface area (TPSA) is 46.6 Å². The van der Waals surface area contributed by atoms with Gasteiger partial charge in [0.05, 0.1) is 18.0 Å². The maximum absolute atomic E-state index is 11.0. The van der Waals surface area contributed by atoms with Crippen LogP contribution in [0.3, 0.4) is 0 Å². The molecule has 1 fully saturated rings. The van der Waals surface area contributed by atoms with Crippen LogP contribution in [0.2, 0.25) is 0 Å². The minimum absolute atomic E-state index is 0.224. The van der Waals surface area contributed by atoms with E-state index in [1.807, 2.05) is 0 Å². The summed E-state index contributed by atoms with van der Waals surface area (Å²) in [5, 5.41) is 0.833. The Kier molecular flexibility index (Phi) is 5.70. The van der Waals surface area contributed by atoms with Crippen molar-refractivity contribution in [1.29, 1.82) is 0 Å². The summed E-state index contributed by atoms with van der Waals surface area (Å²) < 4.78 is 27.7. The molecule has 6 heteroatoms. The van der Waals surface area contributed by atoms with Crippen LogP contribution in [-0.4, -0.2) is 62.5 Å². The van der Waals surface area contributed by atoms with Gasteiger partial charge in [0.1, 0.15) is 9.84 Å². The van der Waals surface area contributed by atoms with Crippen LogP contribution in [0, 0.1) is 0 Å². The Bertz CT molecular complexity index is 307. The van der Waals surface area contributed by atoms with Crippen molar-refractivity contribution in [3.8, 4) is 0 Å². The number of sulfone groups is 1. The van der Waals surface area contributed by atoms with E-state index in [-0.39, 0.29) is 18.0 Å². The lowest BCUT2D eigenvalue weighted by atomic mass is 10.2. The molecule has 0 bridgehead atoms. The van der Waals surface area contributed by atoms with Crippen LogP contribution < -0.4 is 0 Å². The first-order valence-electron chi connectivity index (χ1n) is 5.52. The molecule has 2 unspecified atom stereocenters. The molecule has 4 nitrogen and oxygen atoms in total. The van der Waals surface area contributed by atoms with Gasteiger partial charge < -0.3 is 4.74 Å². The third kappa shape index (κ3) is 5.61. The highest BCUT2D eigenvalue weighted by Gasteiger charge is 2.24. The van der Waals surface area contributed by atoms with Gasteiger partial charge in [-0.2, -0.15) is 0 Å². The smallest absolute Gasteiger partial charge is 0.147 e. The van der Waals surface area contributed by atoms with Gasteiger partial charge in [-0.15, -0.1) is 0 Å². The van der Waals surface area contributed by atoms with Gasteiger partial charge in [0, 0.05) is 24.7 Å². The van der Waals surface area contributed by atoms with Gasteiger partial charge in [-0.3, -0.25) is 4.90 Å². The van der Waals surface area contributed by atoms with Crippen LogP contribution in [-0.2, 0) is 14.6 Å². The average Bonchev–Trinajstić information content (AvgIpc) is 2.14. The minimum Gasteiger partial charge on any atom is -0.372 e. The van der Waals surface area contributed by atoms with Crippen molar-refractivity contribution >= 4 is 25.8 Å². The van der Waals surface area contributed by atoms with E-state index in [0.717, 1.165) is 25.0 Å². The second kappa shape index (κ2) is 6.33. The predicted octanol–water partition coefficient (Wildman–Crippen LogP) is 0.905. The first-order valence-corrected chi connectivity index (χ1v) is 8.70. The summed E-state index contributed by atoms with van der Waals surface area (Å²) in [5.74, 6) is 0.276. The molecule has 1 heterocycles. The molecule has 1 saturated heterocycles. The second-order valence-corrected chi connectivity index (χ2v) is 7.37. The highest BCUT2D eigenvalue weighted by atomic mass is 79.9. The van der Waals surface area contributed by atoms with Crippen LogP contribution in [0.15, 0.2) is 0 Å². The Morgan fingerprint density at radius 3 is 2.69 bits per heavy atom. The standard InChI is InChI=1S/C10H20BrNO3S/c1-9-7-12(8-10(6-11)15-9)4-3-5-16(2,13)14/h9-10H,3-8H2,1-2H3. The number of halogens is 1. The lowest BCUT2D eigenvalue weighted by Gasteiger charge is -2.36. The Morgan fingerprint density at radius 2 is 2.12 bits per heavy atom. The Hall–Kier alpha value is 0.350. The van der Waals surface area contributed by atoms with E-state index in [4.69, 9.17) is 4.74 Å². The molecule has 1 rings (SSSR count). The molecule has 0 aromatic rings. The van der Waals surface area contributed by atoms with Crippen molar-refractivity contribution < 1.29 is 13.2 Å². The predicted molar refractivity (Wildman–Crippen MR) is 68.9 cm³/mol. The lowest BCUT2D eigenvalue weighted by Crippen LogP contribution is -2.47. The SMILES string of the molecule is CC1CN(CCCS(C)(=O)=O)CC(CBr)O1. The quantitative estimate of drug-likeness (QED) is 0.708. The van der Waals surface area contributed by atoms with Crippen molar-refractivity contribution in [3.05, 3.63) is 0 Å². The van der Waals surface area contributed by atoms with Gasteiger partial charge in [-0.05, 0) is 19.9 Å². The third-order valence-corrected chi connectivity index (χ3v) is 4.32. The monoisotopic (exact) mass is 313 g/mol. The fourth-order valence-electron chi connectivity index (χ4n) is 1.96. The fraction of sp³-hybridized carbons (Fsp3) is 1.00. The molecule has 2 atom stereocenters. The third-order valence-electron chi connectivity index (χ3n) is 2.56. The molecule has 0 saturated carbocycles. The molecular formula is C10H20BrNO3S. The maximum atomic E-state index is 11.0. The summed E-state index contributed by atoms with van der Waals surface area (Å²) in [6, 6.07) is 0. The number of ether oxygens (including phenoxy) is 1. The molecule has 16 heavy (non-hydrogen) atoms. The Labute approximate surface area is 106 Å². The lowest BCUT2D eigenvalue weighted by molar-refractivity contribution is -0.0650. The molecule has 0 spiro atoms. The van der Waals surface area contributed by atoms with Gasteiger partial charge >= 0.3 is 0 Å². The highest BCUT2D eigenvalue weighted by molar-refractivity contribution is 9.09. The molecule has 1 aliphatic rings. The largest absolute Gasteiger partial charge is 0.372 e. The Balaban J connectivity index is 2.31. The van der Waals surface area contributed by atoms with Crippen LogP contribution in [0.5, 0.6) is 0 Å². The van der Waals surface area contributed by atoms with E-state index in [1.54, 1.807) is 0 Å². The molecule has 0 aromatic heterocycles. The zero-order valence-corrected chi connectivity index (χ0v) is 12.3. The second-order valence-electron chi connectivity index (χ2n) is 4.47. The number of alkyl halides is 1. The first kappa shape index (κ1) is 14.4. The number of nitrogens with zero attached hydrogens (tertiary/aromatic N) is 1. The molecule has 0 N–H and O–H groups in total. The normalized spacial score (nSPS) is 28.2. The summed E-state index contributed by atoms with van der Waals surface area (Å²) in [6.07, 6.45) is 2.45. The summed E-state index contributed by atoms with van der Waals surface area (Å²) in [5.41, 5.74) is 0. The number of hydrogen-bond acceptors (Lipinski definition) is 4. The van der Waals surface area contributed by atoms with E-state index in [1.165, 1.54) is 6.26 Å². The Morgan fingerprint density at radius 1 is 1.44 bits per heavy atom. The van der Waals surface area contributed by atoms with Crippen molar-refractivity contribution in [2.45, 2.75) is 25.6 Å². The molecule has 0 aromatic carbocycles. The van der Waals surface area contributed by atoms with Gasteiger partial charge in [-0.25, -0.2) is 8.42 Å². The van der Waals surface area contributed by atoms with E-state index in [0.29, 0.717) is 6.42 Å². The minimum atomic E-state index is -2.82. The molecule has 0 aliphatic carbocycles. The number of morpholine rings is 1. The zero-order valence-electron chi connectivity index (χ0n) is 9.86. The molecular weight excluding hydrogens is 294 g/mol. The van der Waals surface area contributed by atoms with E-state index >= 15 is 0 Å². The van der Waals surface area contributed by atoms with Crippen molar-refractivity contribution in [2.24, 2.45) is 0 Å². The van der Waals surface area contributed by atoms with Gasteiger partial charge in [0.15, 0.2) is 0 Å². The highest BCUT2D eigenvalue weighted by Crippen LogP contribution is 2.13. The molecule has 96 valence electrons. The molecule has 0 radical (unpaired) electrons. The van der Waals surface area contributed by atoms with Gasteiger partial charge in [0.25, 0.3) is 0 Å². The van der Waals surface area contributed by atoms with Gasteiger partial charge in [0.2, 0.25) is 0 Å². The number of hydrogen-bond donors (Lipinski definition) is 0. The van der Waals surface area contributed by atoms with Crippen LogP contribution >= 0.6 is 15.9 Å². The van der Waals surface area contributed by atoms with Crippen molar-refractivity contribution in [2.75, 3.05) is 37.0 Å². The average molecular weight is 314 g/mol. The van der Waals surface area contributed by atoms with Crippen LogP contribution in [0.25, 0.3) is 0 Å². The zero-order chi connectivity index (χ0) is 12.2. The number of rotatable bonds is 5. The van der Waals surface area contributed by atoms with Crippen LogP contribution in [0.4, 0.5) is 0 Å². The van der Waals surface area contributed by atoms with Crippen molar-refractivity contribution in [1.82, 2.24) is 4.90 Å². The summed E-state index contributed by atoms with van der Waals surface area (Å²) in [4.78, 5) is 2.28.